The van der Waals surface area contributed by atoms with Crippen molar-refractivity contribution < 1.29 is 9.84 Å². The van der Waals surface area contributed by atoms with Crippen LogP contribution in [0.1, 0.15) is 24.0 Å². The van der Waals surface area contributed by atoms with Crippen LogP contribution in [0.3, 0.4) is 0 Å². The van der Waals surface area contributed by atoms with Crippen molar-refractivity contribution in [3.63, 3.8) is 0 Å². The number of nitrogens with one attached hydrogen (secondary N) is 1. The minimum atomic E-state index is -0.733. The smallest absolute Gasteiger partial charge is 0.124 e. The average molecular weight is 277 g/mol. The van der Waals surface area contributed by atoms with E-state index in [1.807, 2.05) is 37.1 Å². The van der Waals surface area contributed by atoms with Crippen molar-refractivity contribution in [2.45, 2.75) is 25.4 Å². The van der Waals surface area contributed by atoms with Gasteiger partial charge in [0.05, 0.1) is 11.3 Å². The molecule has 0 aliphatic carbocycles. The van der Waals surface area contributed by atoms with Gasteiger partial charge in [-0.1, -0.05) is 12.1 Å². The third-order valence-corrected chi connectivity index (χ3v) is 3.86. The quantitative estimate of drug-likeness (QED) is 0.571. The standard InChI is InChI=1S/C15H23N3O2/c1-11-4-3-5-12(14(16)17)13(11)18(2)10-15(19)6-8-20-9-7-15/h3-5,19H,6-10H2,1-2H3,(H3,16,17). The second-order valence-corrected chi connectivity index (χ2v) is 5.58. The molecule has 110 valence electrons. The van der Waals surface area contributed by atoms with Crippen LogP contribution in [-0.2, 0) is 4.74 Å². The number of hydrogen-bond donors (Lipinski definition) is 3. The fourth-order valence-electron chi connectivity index (χ4n) is 2.81. The van der Waals surface area contributed by atoms with Crippen LogP contribution in [0.4, 0.5) is 5.69 Å². The molecule has 1 fully saturated rings. The summed E-state index contributed by atoms with van der Waals surface area (Å²) in [5.41, 5.74) is 7.61. The van der Waals surface area contributed by atoms with E-state index in [1.54, 1.807) is 0 Å². The molecule has 0 saturated carbocycles. The molecule has 0 atom stereocenters. The Balaban J connectivity index is 2.24. The van der Waals surface area contributed by atoms with E-state index >= 15 is 0 Å². The van der Waals surface area contributed by atoms with E-state index in [9.17, 15) is 5.11 Å². The topological polar surface area (TPSA) is 82.6 Å². The van der Waals surface area contributed by atoms with Crippen molar-refractivity contribution in [1.82, 2.24) is 0 Å². The van der Waals surface area contributed by atoms with E-state index in [0.717, 1.165) is 11.3 Å². The van der Waals surface area contributed by atoms with E-state index in [-0.39, 0.29) is 5.84 Å². The molecule has 20 heavy (non-hydrogen) atoms. The SMILES string of the molecule is Cc1cccc(C(=N)N)c1N(C)CC1(O)CCOCC1. The van der Waals surface area contributed by atoms with Gasteiger partial charge in [-0.3, -0.25) is 5.41 Å². The number of nitrogen functional groups attached to an aromatic ring is 1. The Bertz CT molecular complexity index is 496. The van der Waals surface area contributed by atoms with Crippen molar-refractivity contribution in [3.05, 3.63) is 29.3 Å². The van der Waals surface area contributed by atoms with Gasteiger partial charge in [-0.2, -0.15) is 0 Å². The van der Waals surface area contributed by atoms with Crippen LogP contribution in [0.5, 0.6) is 0 Å². The maximum atomic E-state index is 10.6. The third kappa shape index (κ3) is 3.11. The van der Waals surface area contributed by atoms with Gasteiger partial charge in [-0.25, -0.2) is 0 Å². The molecule has 1 heterocycles. The largest absolute Gasteiger partial charge is 0.388 e. The van der Waals surface area contributed by atoms with E-state index < -0.39 is 5.60 Å². The maximum Gasteiger partial charge on any atom is 0.124 e. The Morgan fingerprint density at radius 2 is 2.10 bits per heavy atom. The average Bonchev–Trinajstić information content (AvgIpc) is 2.38. The first-order chi connectivity index (χ1) is 9.43. The number of nitrogens with zero attached hydrogens (tertiary/aromatic N) is 1. The molecule has 5 heteroatoms. The normalized spacial score (nSPS) is 17.8. The minimum Gasteiger partial charge on any atom is -0.388 e. The summed E-state index contributed by atoms with van der Waals surface area (Å²) in [6, 6.07) is 5.73. The fraction of sp³-hybridized carbons (Fsp3) is 0.533. The Morgan fingerprint density at radius 1 is 1.45 bits per heavy atom. The number of aryl methyl sites for hydroxylation is 1. The summed E-state index contributed by atoms with van der Waals surface area (Å²) in [5.74, 6) is 0.0505. The molecule has 1 saturated heterocycles. The van der Waals surface area contributed by atoms with Crippen molar-refractivity contribution in [2.75, 3.05) is 31.7 Å². The molecule has 1 aromatic carbocycles. The van der Waals surface area contributed by atoms with Crippen LogP contribution in [-0.4, -0.2) is 43.3 Å². The van der Waals surface area contributed by atoms with Crippen molar-refractivity contribution >= 4 is 11.5 Å². The first-order valence-electron chi connectivity index (χ1n) is 6.88. The molecule has 0 bridgehead atoms. The second-order valence-electron chi connectivity index (χ2n) is 5.58. The number of ether oxygens (including phenoxy) is 1. The first kappa shape index (κ1) is 14.8. The number of rotatable bonds is 4. The lowest BCUT2D eigenvalue weighted by Crippen LogP contribution is -2.46. The first-order valence-corrected chi connectivity index (χ1v) is 6.88. The van der Waals surface area contributed by atoms with E-state index in [0.29, 0.717) is 38.2 Å². The molecule has 1 aliphatic rings. The zero-order chi connectivity index (χ0) is 14.8. The molecule has 2 rings (SSSR count). The van der Waals surface area contributed by atoms with Gasteiger partial charge in [0.1, 0.15) is 5.84 Å². The molecule has 0 spiro atoms. The van der Waals surface area contributed by atoms with E-state index in [1.165, 1.54) is 0 Å². The number of para-hydroxylation sites is 1. The lowest BCUT2D eigenvalue weighted by atomic mass is 9.93. The van der Waals surface area contributed by atoms with Crippen LogP contribution in [0.2, 0.25) is 0 Å². The number of anilines is 1. The van der Waals surface area contributed by atoms with Gasteiger partial charge in [0.15, 0.2) is 0 Å². The number of amidine groups is 1. The third-order valence-electron chi connectivity index (χ3n) is 3.86. The van der Waals surface area contributed by atoms with Crippen LogP contribution in [0, 0.1) is 12.3 Å². The zero-order valence-electron chi connectivity index (χ0n) is 12.1. The molecule has 0 amide bonds. The lowest BCUT2D eigenvalue weighted by molar-refractivity contribution is -0.0572. The maximum absolute atomic E-state index is 10.6. The van der Waals surface area contributed by atoms with Crippen LogP contribution in [0.25, 0.3) is 0 Å². The van der Waals surface area contributed by atoms with Gasteiger partial charge < -0.3 is 20.5 Å². The molecule has 0 aromatic heterocycles. The summed E-state index contributed by atoms with van der Waals surface area (Å²) in [5, 5.41) is 18.3. The number of aliphatic hydroxyl groups is 1. The molecular weight excluding hydrogens is 254 g/mol. The molecule has 4 N–H and O–H groups in total. The highest BCUT2D eigenvalue weighted by Crippen LogP contribution is 2.28. The predicted molar refractivity (Wildman–Crippen MR) is 80.5 cm³/mol. The Hall–Kier alpha value is -1.59. The monoisotopic (exact) mass is 277 g/mol. The number of likely N-dealkylation sites (N-methyl/N-ethyl adjacent to an activating group) is 1. The van der Waals surface area contributed by atoms with Crippen molar-refractivity contribution in [1.29, 1.82) is 5.41 Å². The number of hydrogen-bond acceptors (Lipinski definition) is 4. The molecule has 1 aliphatic heterocycles. The highest BCUT2D eigenvalue weighted by Gasteiger charge is 2.32. The van der Waals surface area contributed by atoms with Crippen molar-refractivity contribution in [3.8, 4) is 0 Å². The Labute approximate surface area is 119 Å². The van der Waals surface area contributed by atoms with Gasteiger partial charge in [0.2, 0.25) is 0 Å². The van der Waals surface area contributed by atoms with Gasteiger partial charge in [-0.05, 0) is 18.6 Å². The number of benzene rings is 1. The molecular formula is C15H23N3O2. The van der Waals surface area contributed by atoms with Crippen molar-refractivity contribution in [2.24, 2.45) is 5.73 Å². The van der Waals surface area contributed by atoms with Crippen LogP contribution < -0.4 is 10.6 Å². The fourth-order valence-corrected chi connectivity index (χ4v) is 2.81. The lowest BCUT2D eigenvalue weighted by Gasteiger charge is -2.37. The molecule has 5 nitrogen and oxygen atoms in total. The highest BCUT2D eigenvalue weighted by atomic mass is 16.5. The Kier molecular flexibility index (Phi) is 4.30. The van der Waals surface area contributed by atoms with Gasteiger partial charge in [0, 0.05) is 45.2 Å². The van der Waals surface area contributed by atoms with E-state index in [2.05, 4.69) is 0 Å². The molecule has 0 radical (unpaired) electrons. The van der Waals surface area contributed by atoms with Gasteiger partial charge >= 0.3 is 0 Å². The Morgan fingerprint density at radius 3 is 2.70 bits per heavy atom. The van der Waals surface area contributed by atoms with Crippen LogP contribution >= 0.6 is 0 Å². The summed E-state index contributed by atoms with van der Waals surface area (Å²) in [6.07, 6.45) is 1.28. The van der Waals surface area contributed by atoms with Crippen LogP contribution in [0.15, 0.2) is 18.2 Å². The summed E-state index contributed by atoms with van der Waals surface area (Å²) >= 11 is 0. The minimum absolute atomic E-state index is 0.0505. The summed E-state index contributed by atoms with van der Waals surface area (Å²) in [7, 11) is 1.93. The predicted octanol–water partition coefficient (Wildman–Crippen LogP) is 1.26. The molecule has 0 unspecified atom stereocenters. The van der Waals surface area contributed by atoms with E-state index in [4.69, 9.17) is 15.9 Å². The zero-order valence-corrected chi connectivity index (χ0v) is 12.1. The van der Waals surface area contributed by atoms with Gasteiger partial charge in [0.25, 0.3) is 0 Å². The number of nitrogens with two attached hydrogens (primary N) is 1. The van der Waals surface area contributed by atoms with Gasteiger partial charge in [-0.15, -0.1) is 0 Å². The summed E-state index contributed by atoms with van der Waals surface area (Å²) < 4.78 is 5.31. The molecule has 1 aromatic rings. The second kappa shape index (κ2) is 5.81. The summed E-state index contributed by atoms with van der Waals surface area (Å²) in [4.78, 5) is 2.00. The summed E-state index contributed by atoms with van der Waals surface area (Å²) in [6.45, 7) is 3.70. The highest BCUT2D eigenvalue weighted by molar-refractivity contribution is 6.01.